The molecule has 3 rings (SSSR count). The Bertz CT molecular complexity index is 347. The van der Waals surface area contributed by atoms with Gasteiger partial charge in [-0.2, -0.15) is 0 Å². The van der Waals surface area contributed by atoms with Gasteiger partial charge in [-0.15, -0.1) is 0 Å². The van der Waals surface area contributed by atoms with Crippen LogP contribution in [0.4, 0.5) is 13.2 Å². The molecule has 0 heterocycles. The second kappa shape index (κ2) is 10.8. The maximum Gasteiger partial charge on any atom is 0.162 e. The Balaban J connectivity index is 0. The molecule has 0 amide bonds. The van der Waals surface area contributed by atoms with Crippen LogP contribution in [0.1, 0.15) is 80.0 Å². The Morgan fingerprint density at radius 1 is 0.600 bits per heavy atom. The normalized spacial score (nSPS) is 44.6. The van der Waals surface area contributed by atoms with Crippen LogP contribution in [0, 0.1) is 29.6 Å². The summed E-state index contributed by atoms with van der Waals surface area (Å²) in [4.78, 5) is 0. The molecule has 0 spiro atoms. The molecule has 0 aromatic heterocycles. The van der Waals surface area contributed by atoms with Gasteiger partial charge >= 0.3 is 0 Å². The Morgan fingerprint density at radius 3 is 1.32 bits per heavy atom. The lowest BCUT2D eigenvalue weighted by Gasteiger charge is -2.41. The van der Waals surface area contributed by atoms with E-state index in [1.54, 1.807) is 0 Å². The van der Waals surface area contributed by atoms with E-state index in [0.29, 0.717) is 5.92 Å². The molecular formula is C20H41F3O2. The summed E-state index contributed by atoms with van der Waals surface area (Å²) in [5, 5.41) is 0. The van der Waals surface area contributed by atoms with Crippen LogP contribution in [-0.4, -0.2) is 29.5 Å². The van der Waals surface area contributed by atoms with E-state index < -0.39 is 18.5 Å². The van der Waals surface area contributed by atoms with Crippen molar-refractivity contribution in [2.75, 3.05) is 0 Å². The lowest BCUT2D eigenvalue weighted by molar-refractivity contribution is -0.00699. The summed E-state index contributed by atoms with van der Waals surface area (Å²) >= 11 is 0. The number of hydrogen-bond acceptors (Lipinski definition) is 0. The molecule has 4 N–H and O–H groups in total. The lowest BCUT2D eigenvalue weighted by Crippen LogP contribution is -2.40. The van der Waals surface area contributed by atoms with E-state index in [0.717, 1.165) is 30.6 Å². The highest BCUT2D eigenvalue weighted by Crippen LogP contribution is 2.46. The van der Waals surface area contributed by atoms with Crippen molar-refractivity contribution in [1.29, 1.82) is 0 Å². The SMILES string of the molecule is C.CC1CCC(C2CCC(C3CC(F)C(F)C(F)C3)CC2)CC1.O.O.[HH]. The van der Waals surface area contributed by atoms with Gasteiger partial charge in [0, 0.05) is 1.43 Å². The molecule has 25 heavy (non-hydrogen) atoms. The first-order valence-electron chi connectivity index (χ1n) is 9.46. The minimum atomic E-state index is -1.88. The van der Waals surface area contributed by atoms with Crippen molar-refractivity contribution in [3.63, 3.8) is 0 Å². The zero-order valence-electron chi connectivity index (χ0n) is 14.8. The maximum atomic E-state index is 13.6. The van der Waals surface area contributed by atoms with Crippen LogP contribution >= 0.6 is 0 Å². The van der Waals surface area contributed by atoms with E-state index in [-0.39, 0.29) is 38.6 Å². The molecule has 0 aromatic rings. The molecule has 0 saturated heterocycles. The molecular weight excluding hydrogens is 329 g/mol. The third kappa shape index (κ3) is 5.85. The van der Waals surface area contributed by atoms with Crippen molar-refractivity contribution in [2.45, 2.75) is 97.1 Å². The smallest absolute Gasteiger partial charge is 0.162 e. The quantitative estimate of drug-likeness (QED) is 0.635. The fourth-order valence-electron chi connectivity index (χ4n) is 5.39. The van der Waals surface area contributed by atoms with Crippen LogP contribution in [0.25, 0.3) is 0 Å². The first-order valence-corrected chi connectivity index (χ1v) is 9.46. The summed E-state index contributed by atoms with van der Waals surface area (Å²) in [5.74, 6) is 3.13. The number of halogens is 3. The van der Waals surface area contributed by atoms with Crippen molar-refractivity contribution in [1.82, 2.24) is 0 Å². The molecule has 3 saturated carbocycles. The van der Waals surface area contributed by atoms with Crippen LogP contribution in [0.2, 0.25) is 0 Å². The average Bonchev–Trinajstić information content (AvgIpc) is 2.53. The predicted octanol–water partition coefficient (Wildman–Crippen LogP) is 5.28. The summed E-state index contributed by atoms with van der Waals surface area (Å²) < 4.78 is 40.5. The first-order chi connectivity index (χ1) is 10.5. The predicted molar refractivity (Wildman–Crippen MR) is 100 cm³/mol. The van der Waals surface area contributed by atoms with Gasteiger partial charge in [0.05, 0.1) is 0 Å². The molecule has 0 radical (unpaired) electrons. The van der Waals surface area contributed by atoms with Gasteiger partial charge in [-0.3, -0.25) is 0 Å². The molecule has 3 fully saturated rings. The van der Waals surface area contributed by atoms with E-state index in [9.17, 15) is 13.2 Å². The molecule has 3 aliphatic rings. The zero-order valence-corrected chi connectivity index (χ0v) is 14.8. The Labute approximate surface area is 153 Å². The number of alkyl halides is 3. The highest BCUT2D eigenvalue weighted by molar-refractivity contribution is 4.91. The Hall–Kier alpha value is -0.290. The van der Waals surface area contributed by atoms with Crippen LogP contribution in [0.5, 0.6) is 0 Å². The van der Waals surface area contributed by atoms with E-state index in [4.69, 9.17) is 0 Å². The van der Waals surface area contributed by atoms with Gasteiger partial charge < -0.3 is 11.0 Å². The van der Waals surface area contributed by atoms with Crippen LogP contribution in [0.15, 0.2) is 0 Å². The lowest BCUT2D eigenvalue weighted by atomic mass is 9.65. The fraction of sp³-hybridized carbons (Fsp3) is 1.00. The molecule has 0 bridgehead atoms. The van der Waals surface area contributed by atoms with Gasteiger partial charge in [-0.05, 0) is 81.0 Å². The highest BCUT2D eigenvalue weighted by atomic mass is 19.2. The standard InChI is InChI=1S/C19H31F3.CH4.2H2O.H2/c1-12-2-4-13(5-3-12)14-6-8-15(9-7-14)16-10-17(20)19(22)18(21)11-16;;;;/h12-19H,2-11H2,1H3;1H4;2*1H2;1H. The first kappa shape index (κ1) is 24.7. The molecule has 0 aliphatic heterocycles. The number of hydrogen-bond donors (Lipinski definition) is 0. The van der Waals surface area contributed by atoms with Crippen molar-refractivity contribution < 1.29 is 25.6 Å². The second-order valence-electron chi connectivity index (χ2n) is 8.40. The van der Waals surface area contributed by atoms with Crippen molar-refractivity contribution in [3.05, 3.63) is 0 Å². The summed E-state index contributed by atoms with van der Waals surface area (Å²) in [7, 11) is 0. The summed E-state index contributed by atoms with van der Waals surface area (Å²) in [6.45, 7) is 2.36. The molecule has 2 atom stereocenters. The van der Waals surface area contributed by atoms with E-state index in [1.807, 2.05) is 0 Å². The van der Waals surface area contributed by atoms with Gasteiger partial charge in [-0.25, -0.2) is 13.2 Å². The van der Waals surface area contributed by atoms with Crippen LogP contribution in [0.3, 0.4) is 0 Å². The van der Waals surface area contributed by atoms with E-state index in [1.165, 1.54) is 38.5 Å². The number of rotatable bonds is 2. The molecule has 5 heteroatoms. The van der Waals surface area contributed by atoms with Crippen molar-refractivity contribution >= 4 is 0 Å². The summed E-state index contributed by atoms with van der Waals surface area (Å²) in [6.07, 6.45) is 5.64. The van der Waals surface area contributed by atoms with E-state index in [2.05, 4.69) is 6.92 Å². The average molecular weight is 371 g/mol. The molecule has 0 aromatic carbocycles. The minimum Gasteiger partial charge on any atom is -0.412 e. The van der Waals surface area contributed by atoms with Crippen molar-refractivity contribution in [2.24, 2.45) is 29.6 Å². The van der Waals surface area contributed by atoms with Crippen molar-refractivity contribution in [3.8, 4) is 0 Å². The van der Waals surface area contributed by atoms with Gasteiger partial charge in [0.15, 0.2) is 6.17 Å². The zero-order chi connectivity index (χ0) is 15.7. The van der Waals surface area contributed by atoms with Gasteiger partial charge in [-0.1, -0.05) is 27.2 Å². The van der Waals surface area contributed by atoms with Gasteiger partial charge in [0.2, 0.25) is 0 Å². The Kier molecular flexibility index (Phi) is 10.6. The molecule has 154 valence electrons. The third-order valence-corrected chi connectivity index (χ3v) is 6.96. The molecule has 2 unspecified atom stereocenters. The molecule has 2 nitrogen and oxygen atoms in total. The second-order valence-corrected chi connectivity index (χ2v) is 8.40. The summed E-state index contributed by atoms with van der Waals surface area (Å²) in [5.41, 5.74) is 0. The highest BCUT2D eigenvalue weighted by Gasteiger charge is 2.42. The Morgan fingerprint density at radius 2 is 0.920 bits per heavy atom. The monoisotopic (exact) mass is 370 g/mol. The third-order valence-electron chi connectivity index (χ3n) is 6.96. The minimum absolute atomic E-state index is 0. The van der Waals surface area contributed by atoms with E-state index >= 15 is 0 Å². The topological polar surface area (TPSA) is 63.0 Å². The fourth-order valence-corrected chi connectivity index (χ4v) is 5.39. The van der Waals surface area contributed by atoms with Crippen LogP contribution < -0.4 is 0 Å². The van der Waals surface area contributed by atoms with Crippen LogP contribution in [-0.2, 0) is 0 Å². The molecule has 3 aliphatic carbocycles. The van der Waals surface area contributed by atoms with Gasteiger partial charge in [0.1, 0.15) is 12.3 Å². The van der Waals surface area contributed by atoms with Gasteiger partial charge in [0.25, 0.3) is 0 Å². The summed E-state index contributed by atoms with van der Waals surface area (Å²) in [6, 6.07) is 0. The largest absolute Gasteiger partial charge is 0.412 e. The maximum absolute atomic E-state index is 13.6.